The maximum absolute atomic E-state index is 10.1. The molecule has 5 heteroatoms. The minimum absolute atomic E-state index is 0.282. The first-order valence-corrected chi connectivity index (χ1v) is 5.09. The SMILES string of the molecule is CCn1ncnc1C(O)C1CCNC1. The smallest absolute Gasteiger partial charge is 0.156 e. The van der Waals surface area contributed by atoms with E-state index in [0.29, 0.717) is 5.82 Å². The molecule has 1 aliphatic rings. The predicted molar refractivity (Wildman–Crippen MR) is 51.6 cm³/mol. The van der Waals surface area contributed by atoms with E-state index in [1.54, 1.807) is 4.68 Å². The molecule has 1 fully saturated rings. The van der Waals surface area contributed by atoms with Gasteiger partial charge in [-0.1, -0.05) is 0 Å². The van der Waals surface area contributed by atoms with Crippen LogP contribution in [0.15, 0.2) is 6.33 Å². The molecule has 14 heavy (non-hydrogen) atoms. The van der Waals surface area contributed by atoms with Crippen molar-refractivity contribution in [3.8, 4) is 0 Å². The first-order valence-electron chi connectivity index (χ1n) is 5.09. The number of aliphatic hydroxyl groups is 1. The Labute approximate surface area is 83.2 Å². The molecule has 1 aromatic rings. The zero-order valence-electron chi connectivity index (χ0n) is 8.35. The first-order chi connectivity index (χ1) is 6.83. The number of aryl methyl sites for hydroxylation is 1. The lowest BCUT2D eigenvalue weighted by Crippen LogP contribution is -2.20. The molecule has 1 aliphatic heterocycles. The second-order valence-corrected chi connectivity index (χ2v) is 3.63. The fourth-order valence-corrected chi connectivity index (χ4v) is 1.90. The molecule has 2 rings (SSSR count). The van der Waals surface area contributed by atoms with Crippen molar-refractivity contribution in [2.75, 3.05) is 13.1 Å². The maximum Gasteiger partial charge on any atom is 0.156 e. The van der Waals surface area contributed by atoms with Crippen LogP contribution < -0.4 is 5.32 Å². The highest BCUT2D eigenvalue weighted by Crippen LogP contribution is 2.24. The third-order valence-corrected chi connectivity index (χ3v) is 2.75. The van der Waals surface area contributed by atoms with Gasteiger partial charge >= 0.3 is 0 Å². The summed E-state index contributed by atoms with van der Waals surface area (Å²) in [7, 11) is 0. The van der Waals surface area contributed by atoms with E-state index >= 15 is 0 Å². The summed E-state index contributed by atoms with van der Waals surface area (Å²) in [4.78, 5) is 4.11. The molecule has 0 spiro atoms. The van der Waals surface area contributed by atoms with Gasteiger partial charge in [-0.15, -0.1) is 0 Å². The van der Waals surface area contributed by atoms with Crippen LogP contribution in [0.4, 0.5) is 0 Å². The highest BCUT2D eigenvalue weighted by molar-refractivity contribution is 4.95. The third kappa shape index (κ3) is 1.65. The molecule has 2 unspecified atom stereocenters. The second-order valence-electron chi connectivity index (χ2n) is 3.63. The van der Waals surface area contributed by atoms with Crippen LogP contribution in [0.25, 0.3) is 0 Å². The van der Waals surface area contributed by atoms with Crippen molar-refractivity contribution in [2.45, 2.75) is 26.0 Å². The number of hydrogen-bond donors (Lipinski definition) is 2. The number of nitrogens with one attached hydrogen (secondary N) is 1. The lowest BCUT2D eigenvalue weighted by molar-refractivity contribution is 0.104. The molecule has 0 amide bonds. The Hall–Kier alpha value is -0.940. The molecule has 1 aromatic heterocycles. The van der Waals surface area contributed by atoms with Gasteiger partial charge in [0.2, 0.25) is 0 Å². The van der Waals surface area contributed by atoms with E-state index in [-0.39, 0.29) is 5.92 Å². The molecular formula is C9H16N4O. The van der Waals surface area contributed by atoms with E-state index in [2.05, 4.69) is 15.4 Å². The minimum atomic E-state index is -0.479. The summed E-state index contributed by atoms with van der Waals surface area (Å²) in [6.45, 7) is 4.62. The van der Waals surface area contributed by atoms with Crippen LogP contribution in [0.1, 0.15) is 25.3 Å². The van der Waals surface area contributed by atoms with Crippen LogP contribution in [0.3, 0.4) is 0 Å². The minimum Gasteiger partial charge on any atom is -0.385 e. The molecule has 0 aromatic carbocycles. The summed E-state index contributed by atoms with van der Waals surface area (Å²) >= 11 is 0. The summed E-state index contributed by atoms with van der Waals surface area (Å²) in [5.41, 5.74) is 0. The van der Waals surface area contributed by atoms with Crippen molar-refractivity contribution in [1.29, 1.82) is 0 Å². The van der Waals surface area contributed by atoms with Crippen LogP contribution in [-0.2, 0) is 6.54 Å². The van der Waals surface area contributed by atoms with Gasteiger partial charge in [0.25, 0.3) is 0 Å². The zero-order valence-corrected chi connectivity index (χ0v) is 8.35. The fraction of sp³-hybridized carbons (Fsp3) is 0.778. The Morgan fingerprint density at radius 3 is 3.29 bits per heavy atom. The van der Waals surface area contributed by atoms with Gasteiger partial charge in [-0.25, -0.2) is 9.67 Å². The van der Waals surface area contributed by atoms with E-state index in [1.165, 1.54) is 6.33 Å². The van der Waals surface area contributed by atoms with Gasteiger partial charge < -0.3 is 10.4 Å². The Kier molecular flexibility index (Phi) is 2.79. The lowest BCUT2D eigenvalue weighted by Gasteiger charge is -2.16. The van der Waals surface area contributed by atoms with Crippen molar-refractivity contribution >= 4 is 0 Å². The Morgan fingerprint density at radius 2 is 2.64 bits per heavy atom. The largest absolute Gasteiger partial charge is 0.385 e. The molecule has 0 saturated carbocycles. The first kappa shape index (κ1) is 9.61. The Morgan fingerprint density at radius 1 is 1.79 bits per heavy atom. The maximum atomic E-state index is 10.1. The van der Waals surface area contributed by atoms with Crippen molar-refractivity contribution < 1.29 is 5.11 Å². The number of aromatic nitrogens is 3. The summed E-state index contributed by atoms with van der Waals surface area (Å²) in [6.07, 6.45) is 2.04. The van der Waals surface area contributed by atoms with Crippen LogP contribution in [0.5, 0.6) is 0 Å². The standard InChI is InChI=1S/C9H16N4O/c1-2-13-9(11-6-12-13)8(14)7-3-4-10-5-7/h6-8,10,14H,2-5H2,1H3. The van der Waals surface area contributed by atoms with Gasteiger partial charge in [-0.2, -0.15) is 5.10 Å². The third-order valence-electron chi connectivity index (χ3n) is 2.75. The average Bonchev–Trinajstić information content (AvgIpc) is 2.87. The van der Waals surface area contributed by atoms with E-state index in [9.17, 15) is 5.11 Å². The monoisotopic (exact) mass is 196 g/mol. The molecule has 0 bridgehead atoms. The molecule has 2 atom stereocenters. The van der Waals surface area contributed by atoms with Gasteiger partial charge in [-0.3, -0.25) is 0 Å². The molecular weight excluding hydrogens is 180 g/mol. The zero-order chi connectivity index (χ0) is 9.97. The van der Waals surface area contributed by atoms with E-state index in [4.69, 9.17) is 0 Å². The summed E-state index contributed by atoms with van der Waals surface area (Å²) in [5.74, 6) is 0.977. The highest BCUT2D eigenvalue weighted by atomic mass is 16.3. The van der Waals surface area contributed by atoms with Gasteiger partial charge in [0.05, 0.1) is 0 Å². The van der Waals surface area contributed by atoms with Crippen molar-refractivity contribution in [3.05, 3.63) is 12.2 Å². The molecule has 5 nitrogen and oxygen atoms in total. The molecule has 78 valence electrons. The van der Waals surface area contributed by atoms with Crippen molar-refractivity contribution in [2.24, 2.45) is 5.92 Å². The molecule has 2 heterocycles. The Balaban J connectivity index is 2.12. The predicted octanol–water partition coefficient (Wildman–Crippen LogP) is -0.0591. The summed E-state index contributed by atoms with van der Waals surface area (Å²) in [6, 6.07) is 0. The number of rotatable bonds is 3. The number of aliphatic hydroxyl groups excluding tert-OH is 1. The van der Waals surface area contributed by atoms with Crippen molar-refractivity contribution in [3.63, 3.8) is 0 Å². The van der Waals surface area contributed by atoms with E-state index < -0.39 is 6.10 Å². The average molecular weight is 196 g/mol. The van der Waals surface area contributed by atoms with Gasteiger partial charge in [0, 0.05) is 19.0 Å². The quantitative estimate of drug-likeness (QED) is 0.711. The summed E-state index contributed by atoms with van der Waals surface area (Å²) < 4.78 is 1.75. The molecule has 0 aliphatic carbocycles. The lowest BCUT2D eigenvalue weighted by atomic mass is 10.0. The molecule has 2 N–H and O–H groups in total. The van der Waals surface area contributed by atoms with Crippen LogP contribution in [-0.4, -0.2) is 33.0 Å². The van der Waals surface area contributed by atoms with Crippen molar-refractivity contribution in [1.82, 2.24) is 20.1 Å². The number of nitrogens with zero attached hydrogens (tertiary/aromatic N) is 3. The number of hydrogen-bond acceptors (Lipinski definition) is 4. The van der Waals surface area contributed by atoms with E-state index in [0.717, 1.165) is 26.1 Å². The second kappa shape index (κ2) is 4.06. The van der Waals surface area contributed by atoms with Gasteiger partial charge in [-0.05, 0) is 19.9 Å². The van der Waals surface area contributed by atoms with Gasteiger partial charge in [0.1, 0.15) is 12.4 Å². The molecule has 0 radical (unpaired) electrons. The topological polar surface area (TPSA) is 63.0 Å². The van der Waals surface area contributed by atoms with Gasteiger partial charge in [0.15, 0.2) is 5.82 Å². The van der Waals surface area contributed by atoms with Crippen LogP contribution in [0.2, 0.25) is 0 Å². The van der Waals surface area contributed by atoms with Crippen LogP contribution >= 0.6 is 0 Å². The highest BCUT2D eigenvalue weighted by Gasteiger charge is 2.27. The Bertz CT molecular complexity index is 293. The molecule has 1 saturated heterocycles. The van der Waals surface area contributed by atoms with Crippen LogP contribution in [0, 0.1) is 5.92 Å². The van der Waals surface area contributed by atoms with E-state index in [1.807, 2.05) is 6.92 Å². The summed E-state index contributed by atoms with van der Waals surface area (Å²) in [5, 5.41) is 17.3. The normalized spacial score (nSPS) is 24.0. The fourth-order valence-electron chi connectivity index (χ4n) is 1.90.